The van der Waals surface area contributed by atoms with Gasteiger partial charge in [0.1, 0.15) is 18.7 Å². The van der Waals surface area contributed by atoms with Crippen molar-refractivity contribution in [1.29, 1.82) is 0 Å². The zero-order valence-electron chi connectivity index (χ0n) is 5.55. The third-order valence-electron chi connectivity index (χ3n) is 1.09. The van der Waals surface area contributed by atoms with Gasteiger partial charge in [-0.3, -0.25) is 0 Å². The smallest absolute Gasteiger partial charge is 0.195 e. The third-order valence-corrected chi connectivity index (χ3v) is 1.09. The van der Waals surface area contributed by atoms with Gasteiger partial charge in [-0.1, -0.05) is 0 Å². The second kappa shape index (κ2) is 2.37. The highest BCUT2D eigenvalue weighted by atomic mass is 16.1. The van der Waals surface area contributed by atoms with Crippen LogP contribution in [0.1, 0.15) is 0 Å². The fourth-order valence-corrected chi connectivity index (χ4v) is 0.655. The van der Waals surface area contributed by atoms with E-state index in [0.717, 1.165) is 0 Å². The van der Waals surface area contributed by atoms with Crippen LogP contribution < -0.4 is 21.1 Å². The maximum atomic E-state index is 3.89. The third kappa shape index (κ3) is 1.02. The minimum atomic E-state index is 1.33. The summed E-state index contributed by atoms with van der Waals surface area (Å²) in [6.07, 6.45) is 4.73. The van der Waals surface area contributed by atoms with Crippen LogP contribution in [-0.2, 0) is 0 Å². The molecular formula is C4H6N7+. The van der Waals surface area contributed by atoms with E-state index in [1.165, 1.54) is 16.5 Å². The number of hydrogen-bond acceptors (Lipinski definition) is 6. The normalized spacial score (nSPS) is 14.4. The summed E-state index contributed by atoms with van der Waals surface area (Å²) in [5.41, 5.74) is 5.34. The molecule has 0 aromatic carbocycles. The van der Waals surface area contributed by atoms with Gasteiger partial charge in [-0.05, 0) is 6.07 Å². The summed E-state index contributed by atoms with van der Waals surface area (Å²) >= 11 is 0. The summed E-state index contributed by atoms with van der Waals surface area (Å²) in [6.45, 7) is 0. The molecule has 1 aliphatic heterocycles. The molecule has 0 fully saturated rings. The minimum Gasteiger partial charge on any atom is -0.211 e. The predicted octanol–water partition coefficient (Wildman–Crippen LogP) is -2.33. The van der Waals surface area contributed by atoms with Crippen LogP contribution in [0.3, 0.4) is 0 Å². The fraction of sp³-hybridized carbons (Fsp3) is 0. The molecule has 2 heterocycles. The van der Waals surface area contributed by atoms with Gasteiger partial charge in [0, 0.05) is 0 Å². The Labute approximate surface area is 62.2 Å². The van der Waals surface area contributed by atoms with Crippen molar-refractivity contribution in [3.05, 3.63) is 18.5 Å². The van der Waals surface area contributed by atoms with Gasteiger partial charge in [-0.25, -0.2) is 5.43 Å². The van der Waals surface area contributed by atoms with E-state index in [1.807, 2.05) is 0 Å². The van der Waals surface area contributed by atoms with E-state index in [4.69, 9.17) is 0 Å². The highest BCUT2D eigenvalue weighted by Gasteiger charge is 2.17. The van der Waals surface area contributed by atoms with Gasteiger partial charge in [0.2, 0.25) is 0 Å². The number of nitrogens with one attached hydrogen (secondary N) is 2. The van der Waals surface area contributed by atoms with Crippen LogP contribution in [0.15, 0.2) is 23.6 Å². The second-order valence-corrected chi connectivity index (χ2v) is 1.79. The van der Waals surface area contributed by atoms with Crippen molar-refractivity contribution in [2.75, 3.05) is 5.23 Å². The fourth-order valence-electron chi connectivity index (χ4n) is 0.655. The Morgan fingerprint density at radius 1 is 1.27 bits per heavy atom. The molecule has 0 saturated heterocycles. The second-order valence-electron chi connectivity index (χ2n) is 1.79. The first-order chi connectivity index (χ1) is 5.47. The van der Waals surface area contributed by atoms with E-state index in [-0.39, 0.29) is 0 Å². The average molecular weight is 152 g/mol. The highest BCUT2D eigenvalue weighted by molar-refractivity contribution is 5.55. The van der Waals surface area contributed by atoms with Gasteiger partial charge in [0.05, 0.1) is 15.4 Å². The number of hydrazine groups is 2. The van der Waals surface area contributed by atoms with Crippen LogP contribution in [0, 0.1) is 0 Å². The molecule has 0 bridgehead atoms. The van der Waals surface area contributed by atoms with Crippen molar-refractivity contribution in [3.63, 3.8) is 0 Å². The predicted molar refractivity (Wildman–Crippen MR) is 35.2 cm³/mol. The molecule has 7 nitrogen and oxygen atoms in total. The van der Waals surface area contributed by atoms with Crippen LogP contribution >= 0.6 is 0 Å². The monoisotopic (exact) mass is 152 g/mol. The lowest BCUT2D eigenvalue weighted by Crippen LogP contribution is -2.70. The summed E-state index contributed by atoms with van der Waals surface area (Å²) < 4.78 is 0. The van der Waals surface area contributed by atoms with Gasteiger partial charge in [0.15, 0.2) is 4.91 Å². The van der Waals surface area contributed by atoms with E-state index < -0.39 is 0 Å². The minimum absolute atomic E-state index is 1.33. The van der Waals surface area contributed by atoms with E-state index in [1.54, 1.807) is 18.5 Å². The molecule has 0 saturated carbocycles. The van der Waals surface area contributed by atoms with Crippen molar-refractivity contribution in [3.8, 4) is 0 Å². The molecule has 2 rings (SSSR count). The maximum absolute atomic E-state index is 3.89. The Balaban J connectivity index is 2.17. The van der Waals surface area contributed by atoms with Gasteiger partial charge in [-0.2, -0.15) is 0 Å². The molecule has 2 N–H and O–H groups in total. The van der Waals surface area contributed by atoms with Crippen molar-refractivity contribution in [2.24, 2.45) is 5.10 Å². The summed E-state index contributed by atoms with van der Waals surface area (Å²) in [7, 11) is 0. The quantitative estimate of drug-likeness (QED) is 0.442. The molecule has 1 aliphatic rings. The molecule has 1 aromatic heterocycles. The number of nitrogens with zero attached hydrogens (tertiary/aromatic N) is 5. The molecule has 56 valence electrons. The largest absolute Gasteiger partial charge is 0.211 e. The SMILES string of the molecule is C1=NNN([n+]2ncccn2)N1. The Morgan fingerprint density at radius 2 is 2.09 bits per heavy atom. The molecule has 0 spiro atoms. The number of rotatable bonds is 1. The molecule has 0 radical (unpaired) electrons. The number of hydrazone groups is 1. The Bertz CT molecular complexity index is 248. The van der Waals surface area contributed by atoms with Crippen molar-refractivity contribution < 1.29 is 4.91 Å². The molecule has 0 unspecified atom stereocenters. The van der Waals surface area contributed by atoms with Crippen LogP contribution in [0.25, 0.3) is 0 Å². The summed E-state index contributed by atoms with van der Waals surface area (Å²) in [5.74, 6) is 0. The van der Waals surface area contributed by atoms with Crippen LogP contribution in [0.4, 0.5) is 0 Å². The molecule has 0 amide bonds. The van der Waals surface area contributed by atoms with Gasteiger partial charge in [0.25, 0.3) is 0 Å². The Morgan fingerprint density at radius 3 is 2.73 bits per heavy atom. The lowest BCUT2D eigenvalue weighted by Gasteiger charge is -2.01. The van der Waals surface area contributed by atoms with Crippen molar-refractivity contribution in [2.45, 2.75) is 0 Å². The van der Waals surface area contributed by atoms with Gasteiger partial charge >= 0.3 is 0 Å². The van der Waals surface area contributed by atoms with E-state index in [2.05, 4.69) is 26.3 Å². The van der Waals surface area contributed by atoms with E-state index >= 15 is 0 Å². The van der Waals surface area contributed by atoms with E-state index in [9.17, 15) is 0 Å². The summed E-state index contributed by atoms with van der Waals surface area (Å²) in [6, 6.07) is 1.73. The molecule has 1 aromatic rings. The number of aromatic nitrogens is 3. The first-order valence-electron chi connectivity index (χ1n) is 3.00. The van der Waals surface area contributed by atoms with Gasteiger partial charge in [-0.15, -0.1) is 10.6 Å². The molecule has 0 atom stereocenters. The topological polar surface area (TPSA) is 69.3 Å². The average Bonchev–Trinajstić information content (AvgIpc) is 2.58. The zero-order valence-corrected chi connectivity index (χ0v) is 5.55. The van der Waals surface area contributed by atoms with Crippen molar-refractivity contribution in [1.82, 2.24) is 21.2 Å². The molecular weight excluding hydrogens is 146 g/mol. The first-order valence-corrected chi connectivity index (χ1v) is 3.00. The zero-order chi connectivity index (χ0) is 7.52. The molecule has 11 heavy (non-hydrogen) atoms. The van der Waals surface area contributed by atoms with Gasteiger partial charge < -0.3 is 0 Å². The van der Waals surface area contributed by atoms with Crippen LogP contribution in [0.2, 0.25) is 0 Å². The van der Waals surface area contributed by atoms with Crippen LogP contribution in [0.5, 0.6) is 0 Å². The molecule has 0 aliphatic carbocycles. The van der Waals surface area contributed by atoms with E-state index in [0.29, 0.717) is 0 Å². The lowest BCUT2D eigenvalue weighted by molar-refractivity contribution is -0.812. The first kappa shape index (κ1) is 5.83. The van der Waals surface area contributed by atoms with Crippen LogP contribution in [-0.4, -0.2) is 16.5 Å². The maximum Gasteiger partial charge on any atom is 0.195 e. The van der Waals surface area contributed by atoms with Crippen molar-refractivity contribution >= 4 is 6.34 Å². The highest BCUT2D eigenvalue weighted by Crippen LogP contribution is 1.69. The summed E-state index contributed by atoms with van der Waals surface area (Å²) in [5, 5.41) is 12.9. The standard InChI is InChI=1S/C4H5N7/c1-2-6-10(7-3-1)11-8-4-5-9-11/h1-4H,(H,6,7)/p+1. The Kier molecular flexibility index (Phi) is 1.26. The molecule has 7 heteroatoms. The lowest BCUT2D eigenvalue weighted by atomic mass is 10.7. The number of hydrogen-bond donors (Lipinski definition) is 2. The Hall–Kier alpha value is -1.92. The summed E-state index contributed by atoms with van der Waals surface area (Å²) in [4.78, 5) is 1.33.